The zero-order valence-electron chi connectivity index (χ0n) is 15.4. The van der Waals surface area contributed by atoms with E-state index < -0.39 is 0 Å². The molecule has 0 radical (unpaired) electrons. The topological polar surface area (TPSA) is 83.6 Å². The highest BCUT2D eigenvalue weighted by Gasteiger charge is 2.16. The number of urea groups is 1. The first-order valence-electron chi connectivity index (χ1n) is 9.14. The molecule has 7 nitrogen and oxygen atoms in total. The van der Waals surface area contributed by atoms with Crippen LogP contribution in [0.5, 0.6) is 5.88 Å². The number of likely N-dealkylation sites (tertiary alicyclic amines) is 1. The summed E-state index contributed by atoms with van der Waals surface area (Å²) in [4.78, 5) is 30.6. The van der Waals surface area contributed by atoms with Gasteiger partial charge in [0.2, 0.25) is 5.88 Å². The average molecular weight is 368 g/mol. The third-order valence-electron chi connectivity index (χ3n) is 4.50. The number of anilines is 2. The molecule has 1 fully saturated rings. The van der Waals surface area contributed by atoms with Gasteiger partial charge in [0.15, 0.2) is 0 Å². The first-order valence-corrected chi connectivity index (χ1v) is 9.14. The predicted octanol–water partition coefficient (Wildman–Crippen LogP) is 3.75. The van der Waals surface area contributed by atoms with E-state index in [1.807, 2.05) is 4.90 Å². The molecule has 0 spiro atoms. The van der Waals surface area contributed by atoms with Crippen molar-refractivity contribution in [2.45, 2.75) is 25.7 Å². The lowest BCUT2D eigenvalue weighted by molar-refractivity contribution is 0.102. The summed E-state index contributed by atoms with van der Waals surface area (Å²) in [5.41, 5.74) is 1.68. The minimum atomic E-state index is -0.304. The first-order chi connectivity index (χ1) is 13.2. The Morgan fingerprint density at radius 3 is 2.22 bits per heavy atom. The fourth-order valence-corrected chi connectivity index (χ4v) is 3.04. The highest BCUT2D eigenvalue weighted by atomic mass is 16.5. The van der Waals surface area contributed by atoms with Gasteiger partial charge in [0.1, 0.15) is 5.56 Å². The van der Waals surface area contributed by atoms with Crippen LogP contribution in [0.3, 0.4) is 0 Å². The highest BCUT2D eigenvalue weighted by molar-refractivity contribution is 6.05. The van der Waals surface area contributed by atoms with E-state index >= 15 is 0 Å². The van der Waals surface area contributed by atoms with Gasteiger partial charge in [0.25, 0.3) is 5.91 Å². The molecular weight excluding hydrogens is 344 g/mol. The van der Waals surface area contributed by atoms with Gasteiger partial charge in [0, 0.05) is 30.7 Å². The van der Waals surface area contributed by atoms with Gasteiger partial charge in [-0.05, 0) is 49.2 Å². The van der Waals surface area contributed by atoms with Crippen LogP contribution >= 0.6 is 0 Å². The molecule has 142 valence electrons. The van der Waals surface area contributed by atoms with E-state index in [0.29, 0.717) is 16.9 Å². The number of hydrogen-bond donors (Lipinski definition) is 2. The second kappa shape index (κ2) is 9.02. The molecular formula is C20H24N4O3. The summed E-state index contributed by atoms with van der Waals surface area (Å²) in [5, 5.41) is 5.72. The third kappa shape index (κ3) is 4.97. The van der Waals surface area contributed by atoms with Crippen molar-refractivity contribution in [2.24, 2.45) is 0 Å². The van der Waals surface area contributed by atoms with Gasteiger partial charge in [-0.1, -0.05) is 12.8 Å². The van der Waals surface area contributed by atoms with Gasteiger partial charge < -0.3 is 20.3 Å². The second-order valence-corrected chi connectivity index (χ2v) is 6.42. The standard InChI is InChI=1S/C20H24N4O3/c1-27-19-17(7-6-12-21-19)18(25)22-15-8-10-16(11-9-15)23-20(26)24-13-4-2-3-5-14-24/h6-12H,2-5,13-14H2,1H3,(H,22,25)(H,23,26). The molecule has 0 atom stereocenters. The Balaban J connectivity index is 1.60. The van der Waals surface area contributed by atoms with Crippen molar-refractivity contribution in [1.82, 2.24) is 9.88 Å². The van der Waals surface area contributed by atoms with E-state index in [1.54, 1.807) is 42.6 Å². The van der Waals surface area contributed by atoms with Gasteiger partial charge in [-0.25, -0.2) is 9.78 Å². The van der Waals surface area contributed by atoms with E-state index in [4.69, 9.17) is 4.74 Å². The molecule has 0 saturated carbocycles. The zero-order valence-corrected chi connectivity index (χ0v) is 15.4. The van der Waals surface area contributed by atoms with Gasteiger partial charge in [-0.15, -0.1) is 0 Å². The van der Waals surface area contributed by atoms with Crippen molar-refractivity contribution < 1.29 is 14.3 Å². The third-order valence-corrected chi connectivity index (χ3v) is 4.50. The molecule has 2 aromatic rings. The van der Waals surface area contributed by atoms with Gasteiger partial charge in [0.05, 0.1) is 7.11 Å². The Morgan fingerprint density at radius 2 is 1.59 bits per heavy atom. The van der Waals surface area contributed by atoms with Gasteiger partial charge in [-0.2, -0.15) is 0 Å². The maximum absolute atomic E-state index is 12.4. The van der Waals surface area contributed by atoms with E-state index in [0.717, 1.165) is 25.9 Å². The molecule has 0 aliphatic carbocycles. The summed E-state index contributed by atoms with van der Waals surface area (Å²) in [7, 11) is 1.47. The van der Waals surface area contributed by atoms with Crippen LogP contribution in [0.1, 0.15) is 36.0 Å². The van der Waals surface area contributed by atoms with Crippen molar-refractivity contribution in [3.8, 4) is 5.88 Å². The van der Waals surface area contributed by atoms with Crippen molar-refractivity contribution in [3.63, 3.8) is 0 Å². The largest absolute Gasteiger partial charge is 0.480 e. The number of rotatable bonds is 4. The number of carbonyl (C=O) groups is 2. The Morgan fingerprint density at radius 1 is 0.963 bits per heavy atom. The Kier molecular flexibility index (Phi) is 6.25. The fraction of sp³-hybridized carbons (Fsp3) is 0.350. The van der Waals surface area contributed by atoms with Crippen molar-refractivity contribution in [3.05, 3.63) is 48.2 Å². The van der Waals surface area contributed by atoms with Crippen LogP contribution in [0.25, 0.3) is 0 Å². The molecule has 1 aromatic heterocycles. The predicted molar refractivity (Wildman–Crippen MR) is 104 cm³/mol. The lowest BCUT2D eigenvalue weighted by atomic mass is 10.2. The number of aromatic nitrogens is 1. The Bertz CT molecular complexity index is 784. The summed E-state index contributed by atoms with van der Waals surface area (Å²) >= 11 is 0. The van der Waals surface area contributed by atoms with E-state index in [-0.39, 0.29) is 17.8 Å². The van der Waals surface area contributed by atoms with Crippen LogP contribution in [-0.4, -0.2) is 42.0 Å². The minimum absolute atomic E-state index is 0.0752. The number of methoxy groups -OCH3 is 1. The quantitative estimate of drug-likeness (QED) is 0.861. The van der Waals surface area contributed by atoms with Gasteiger partial charge >= 0.3 is 6.03 Å². The molecule has 0 bridgehead atoms. The summed E-state index contributed by atoms with van der Waals surface area (Å²) in [6.07, 6.45) is 6.03. The minimum Gasteiger partial charge on any atom is -0.480 e. The summed E-state index contributed by atoms with van der Waals surface area (Å²) in [5.74, 6) is -0.0300. The number of nitrogens with one attached hydrogen (secondary N) is 2. The maximum atomic E-state index is 12.4. The SMILES string of the molecule is COc1ncccc1C(=O)Nc1ccc(NC(=O)N2CCCCCC2)cc1. The molecule has 0 unspecified atom stereocenters. The molecule has 7 heteroatoms. The summed E-state index contributed by atoms with van der Waals surface area (Å²) in [6.45, 7) is 1.60. The number of amides is 3. The number of pyridine rings is 1. The first kappa shape index (κ1) is 18.7. The number of nitrogens with zero attached hydrogens (tertiary/aromatic N) is 2. The molecule has 1 saturated heterocycles. The lowest BCUT2D eigenvalue weighted by Crippen LogP contribution is -2.35. The van der Waals surface area contributed by atoms with Crippen LogP contribution < -0.4 is 15.4 Å². The molecule has 1 aliphatic heterocycles. The van der Waals surface area contributed by atoms with Crippen molar-refractivity contribution in [1.29, 1.82) is 0 Å². The summed E-state index contributed by atoms with van der Waals surface area (Å²) in [6, 6.07) is 10.3. The molecule has 1 aliphatic rings. The summed E-state index contributed by atoms with van der Waals surface area (Å²) < 4.78 is 5.11. The number of ether oxygens (including phenoxy) is 1. The van der Waals surface area contributed by atoms with E-state index in [1.165, 1.54) is 20.0 Å². The van der Waals surface area contributed by atoms with Crippen molar-refractivity contribution >= 4 is 23.3 Å². The normalized spacial score (nSPS) is 14.2. The molecule has 3 rings (SSSR count). The maximum Gasteiger partial charge on any atom is 0.321 e. The molecule has 27 heavy (non-hydrogen) atoms. The molecule has 3 amide bonds. The number of benzene rings is 1. The lowest BCUT2D eigenvalue weighted by Gasteiger charge is -2.20. The Labute approximate surface area is 158 Å². The zero-order chi connectivity index (χ0) is 19.1. The average Bonchev–Trinajstić information content (AvgIpc) is 2.99. The molecule has 2 N–H and O–H groups in total. The van der Waals surface area contributed by atoms with Crippen LogP contribution in [0.15, 0.2) is 42.6 Å². The van der Waals surface area contributed by atoms with Gasteiger partial charge in [-0.3, -0.25) is 4.79 Å². The van der Waals surface area contributed by atoms with Crippen molar-refractivity contribution in [2.75, 3.05) is 30.8 Å². The molecule has 2 heterocycles. The second-order valence-electron chi connectivity index (χ2n) is 6.42. The number of carbonyl (C=O) groups excluding carboxylic acids is 2. The monoisotopic (exact) mass is 368 g/mol. The number of hydrogen-bond acceptors (Lipinski definition) is 4. The molecule has 1 aromatic carbocycles. The fourth-order valence-electron chi connectivity index (χ4n) is 3.04. The Hall–Kier alpha value is -3.09. The smallest absolute Gasteiger partial charge is 0.321 e. The highest BCUT2D eigenvalue weighted by Crippen LogP contribution is 2.19. The van der Waals surface area contributed by atoms with Crippen LogP contribution in [0.2, 0.25) is 0 Å². The van der Waals surface area contributed by atoms with E-state index in [2.05, 4.69) is 15.6 Å². The van der Waals surface area contributed by atoms with E-state index in [9.17, 15) is 9.59 Å². The van der Waals surface area contributed by atoms with Crippen LogP contribution in [-0.2, 0) is 0 Å². The van der Waals surface area contributed by atoms with Crippen LogP contribution in [0, 0.1) is 0 Å². The van der Waals surface area contributed by atoms with Crippen LogP contribution in [0.4, 0.5) is 16.2 Å².